The Labute approximate surface area is 143 Å². The molecule has 0 fully saturated rings. The molecule has 1 atom stereocenters. The Morgan fingerprint density at radius 1 is 1.08 bits per heavy atom. The molecule has 24 heavy (non-hydrogen) atoms. The Morgan fingerprint density at radius 3 is 2.38 bits per heavy atom. The van der Waals surface area contributed by atoms with Crippen molar-refractivity contribution in [2.75, 3.05) is 24.9 Å². The summed E-state index contributed by atoms with van der Waals surface area (Å²) in [6.45, 7) is 3.90. The first-order chi connectivity index (χ1) is 11.6. The molecular weight excluding hydrogens is 304 g/mol. The fraction of sp³-hybridized carbons (Fsp3) is 0.316. The summed E-state index contributed by atoms with van der Waals surface area (Å²) in [7, 11) is 3.18. The molecule has 5 heteroatoms. The minimum atomic E-state index is -0.418. The highest BCUT2D eigenvalue weighted by molar-refractivity contribution is 5.96. The predicted octanol–water partition coefficient (Wildman–Crippen LogP) is 3.71. The molecule has 0 unspecified atom stereocenters. The predicted molar refractivity (Wildman–Crippen MR) is 97.1 cm³/mol. The van der Waals surface area contributed by atoms with Gasteiger partial charge in [-0.3, -0.25) is 4.79 Å². The van der Waals surface area contributed by atoms with E-state index in [0.717, 1.165) is 17.8 Å². The second-order valence-electron chi connectivity index (χ2n) is 5.47. The molecule has 0 radical (unpaired) electrons. The first-order valence-corrected chi connectivity index (χ1v) is 7.95. The highest BCUT2D eigenvalue weighted by atomic mass is 16.5. The molecule has 2 aromatic carbocycles. The van der Waals surface area contributed by atoms with E-state index in [1.54, 1.807) is 27.2 Å². The maximum atomic E-state index is 12.4. The number of methoxy groups -OCH3 is 2. The lowest BCUT2D eigenvalue weighted by Crippen LogP contribution is -2.32. The summed E-state index contributed by atoms with van der Waals surface area (Å²) in [5.74, 6) is 1.21. The number of carbonyl (C=O) groups excluding carboxylic acids is 1. The van der Waals surface area contributed by atoms with Crippen LogP contribution in [0.25, 0.3) is 0 Å². The summed E-state index contributed by atoms with van der Waals surface area (Å²) >= 11 is 0. The van der Waals surface area contributed by atoms with Crippen LogP contribution in [0.3, 0.4) is 0 Å². The van der Waals surface area contributed by atoms with E-state index in [1.807, 2.05) is 36.4 Å². The van der Waals surface area contributed by atoms with Crippen LogP contribution >= 0.6 is 0 Å². The van der Waals surface area contributed by atoms with Crippen molar-refractivity contribution in [1.29, 1.82) is 0 Å². The Hall–Kier alpha value is -2.69. The van der Waals surface area contributed by atoms with E-state index in [4.69, 9.17) is 9.47 Å². The number of hydrogen-bond donors (Lipinski definition) is 2. The fourth-order valence-corrected chi connectivity index (χ4v) is 2.29. The molecule has 2 aromatic rings. The van der Waals surface area contributed by atoms with Gasteiger partial charge >= 0.3 is 0 Å². The van der Waals surface area contributed by atoms with E-state index < -0.39 is 6.04 Å². The van der Waals surface area contributed by atoms with Gasteiger partial charge in [0.05, 0.1) is 19.9 Å². The van der Waals surface area contributed by atoms with Crippen LogP contribution < -0.4 is 20.1 Å². The number of nitrogens with one attached hydrogen (secondary N) is 2. The van der Waals surface area contributed by atoms with Crippen molar-refractivity contribution in [3.8, 4) is 11.5 Å². The molecule has 128 valence electrons. The quantitative estimate of drug-likeness (QED) is 0.813. The van der Waals surface area contributed by atoms with Gasteiger partial charge in [0.2, 0.25) is 5.91 Å². The first kappa shape index (κ1) is 17.7. The monoisotopic (exact) mass is 328 g/mol. The average molecular weight is 328 g/mol. The van der Waals surface area contributed by atoms with Gasteiger partial charge in [0.25, 0.3) is 0 Å². The summed E-state index contributed by atoms with van der Waals surface area (Å²) in [6.07, 6.45) is 0.976. The number of amides is 1. The van der Waals surface area contributed by atoms with Crippen molar-refractivity contribution in [3.05, 3.63) is 48.0 Å². The standard InChI is InChI=1S/C19H24N2O3/c1-5-14-6-8-15(9-7-14)21-19(22)13(2)20-17-11-10-16(23-3)12-18(17)24-4/h6-13,20H,5H2,1-4H3,(H,21,22)/t13-/m0/s1. The summed E-state index contributed by atoms with van der Waals surface area (Å²) in [4.78, 5) is 12.4. The van der Waals surface area contributed by atoms with Gasteiger partial charge in [-0.25, -0.2) is 0 Å². The zero-order chi connectivity index (χ0) is 17.5. The van der Waals surface area contributed by atoms with Crippen LogP contribution in [0.1, 0.15) is 19.4 Å². The van der Waals surface area contributed by atoms with Crippen LogP contribution in [0, 0.1) is 0 Å². The van der Waals surface area contributed by atoms with Gasteiger partial charge in [-0.1, -0.05) is 19.1 Å². The third-order valence-electron chi connectivity index (χ3n) is 3.80. The first-order valence-electron chi connectivity index (χ1n) is 7.95. The van der Waals surface area contributed by atoms with Gasteiger partial charge in [0.15, 0.2) is 0 Å². The molecule has 0 heterocycles. The highest BCUT2D eigenvalue weighted by Gasteiger charge is 2.15. The maximum absolute atomic E-state index is 12.4. The second-order valence-corrected chi connectivity index (χ2v) is 5.47. The largest absolute Gasteiger partial charge is 0.497 e. The average Bonchev–Trinajstić information content (AvgIpc) is 2.62. The summed E-state index contributed by atoms with van der Waals surface area (Å²) in [5.41, 5.74) is 2.76. The zero-order valence-electron chi connectivity index (χ0n) is 14.6. The third kappa shape index (κ3) is 4.41. The number of aryl methyl sites for hydroxylation is 1. The molecule has 0 aromatic heterocycles. The third-order valence-corrected chi connectivity index (χ3v) is 3.80. The Balaban J connectivity index is 2.02. The van der Waals surface area contributed by atoms with Crippen molar-refractivity contribution in [2.45, 2.75) is 26.3 Å². The normalized spacial score (nSPS) is 11.5. The summed E-state index contributed by atoms with van der Waals surface area (Å²) in [6, 6.07) is 12.9. The number of carbonyl (C=O) groups is 1. The summed E-state index contributed by atoms with van der Waals surface area (Å²) in [5, 5.41) is 6.07. The number of anilines is 2. The molecule has 0 bridgehead atoms. The van der Waals surface area contributed by atoms with Crippen molar-refractivity contribution >= 4 is 17.3 Å². The Kier molecular flexibility index (Phi) is 6.07. The molecule has 0 saturated heterocycles. The second kappa shape index (κ2) is 8.24. The molecule has 0 aliphatic rings. The van der Waals surface area contributed by atoms with Crippen LogP contribution in [0.4, 0.5) is 11.4 Å². The molecule has 1 amide bonds. The molecule has 5 nitrogen and oxygen atoms in total. The number of rotatable bonds is 7. The Morgan fingerprint density at radius 2 is 1.79 bits per heavy atom. The van der Waals surface area contributed by atoms with Gasteiger partial charge in [0, 0.05) is 11.8 Å². The lowest BCUT2D eigenvalue weighted by molar-refractivity contribution is -0.116. The molecule has 2 rings (SSSR count). The van der Waals surface area contributed by atoms with Crippen molar-refractivity contribution in [3.63, 3.8) is 0 Å². The fourth-order valence-electron chi connectivity index (χ4n) is 2.29. The zero-order valence-corrected chi connectivity index (χ0v) is 14.6. The topological polar surface area (TPSA) is 59.6 Å². The van der Waals surface area contributed by atoms with Gasteiger partial charge in [-0.2, -0.15) is 0 Å². The van der Waals surface area contributed by atoms with Crippen LogP contribution in [-0.2, 0) is 11.2 Å². The minimum Gasteiger partial charge on any atom is -0.497 e. The van der Waals surface area contributed by atoms with E-state index >= 15 is 0 Å². The molecule has 0 aliphatic heterocycles. The van der Waals surface area contributed by atoms with Crippen molar-refractivity contribution < 1.29 is 14.3 Å². The highest BCUT2D eigenvalue weighted by Crippen LogP contribution is 2.29. The molecular formula is C19H24N2O3. The lowest BCUT2D eigenvalue weighted by atomic mass is 10.1. The SMILES string of the molecule is CCc1ccc(NC(=O)[C@H](C)Nc2ccc(OC)cc2OC)cc1. The molecule has 0 saturated carbocycles. The smallest absolute Gasteiger partial charge is 0.246 e. The van der Waals surface area contributed by atoms with E-state index in [9.17, 15) is 4.79 Å². The number of ether oxygens (including phenoxy) is 2. The van der Waals surface area contributed by atoms with Crippen LogP contribution in [0.15, 0.2) is 42.5 Å². The molecule has 2 N–H and O–H groups in total. The van der Waals surface area contributed by atoms with E-state index in [1.165, 1.54) is 5.56 Å². The van der Waals surface area contributed by atoms with Crippen LogP contribution in [0.2, 0.25) is 0 Å². The van der Waals surface area contributed by atoms with Gasteiger partial charge in [0.1, 0.15) is 17.5 Å². The van der Waals surface area contributed by atoms with E-state index in [0.29, 0.717) is 11.5 Å². The maximum Gasteiger partial charge on any atom is 0.246 e. The van der Waals surface area contributed by atoms with Crippen molar-refractivity contribution in [2.24, 2.45) is 0 Å². The van der Waals surface area contributed by atoms with Gasteiger partial charge in [-0.15, -0.1) is 0 Å². The van der Waals surface area contributed by atoms with Crippen molar-refractivity contribution in [1.82, 2.24) is 0 Å². The van der Waals surface area contributed by atoms with Gasteiger partial charge in [-0.05, 0) is 43.2 Å². The molecule has 0 spiro atoms. The van der Waals surface area contributed by atoms with Crippen LogP contribution in [0.5, 0.6) is 11.5 Å². The van der Waals surface area contributed by atoms with E-state index in [-0.39, 0.29) is 5.91 Å². The minimum absolute atomic E-state index is 0.114. The lowest BCUT2D eigenvalue weighted by Gasteiger charge is -2.18. The number of benzene rings is 2. The van der Waals surface area contributed by atoms with E-state index in [2.05, 4.69) is 17.6 Å². The summed E-state index contributed by atoms with van der Waals surface area (Å²) < 4.78 is 10.5. The van der Waals surface area contributed by atoms with Crippen LogP contribution in [-0.4, -0.2) is 26.2 Å². The van der Waals surface area contributed by atoms with Gasteiger partial charge < -0.3 is 20.1 Å². The molecule has 0 aliphatic carbocycles. The Bertz CT molecular complexity index is 684. The number of hydrogen-bond acceptors (Lipinski definition) is 4.